The number of alkyl halides is 3. The monoisotopic (exact) mass is 281 g/mol. The smallest absolute Gasteiger partial charge is 0.253 e. The van der Waals surface area contributed by atoms with E-state index in [4.69, 9.17) is 34.8 Å². The number of allylic oxidation sites excluding steroid dienone is 2. The molecule has 2 rings (SSSR count). The molecule has 0 bridgehead atoms. The summed E-state index contributed by atoms with van der Waals surface area (Å²) in [5.74, 6) is -0.336. The second-order valence-electron chi connectivity index (χ2n) is 4.30. The average Bonchev–Trinajstić information content (AvgIpc) is 2.85. The maximum atomic E-state index is 12.0. The van der Waals surface area contributed by atoms with Crippen molar-refractivity contribution in [1.82, 2.24) is 4.90 Å². The van der Waals surface area contributed by atoms with Gasteiger partial charge in [-0.2, -0.15) is 0 Å². The summed E-state index contributed by atoms with van der Waals surface area (Å²) in [5, 5.41) is 0. The molecule has 16 heavy (non-hydrogen) atoms. The molecule has 1 heterocycles. The third-order valence-electron chi connectivity index (χ3n) is 3.21. The van der Waals surface area contributed by atoms with Gasteiger partial charge in [0.25, 0.3) is 3.79 Å². The summed E-state index contributed by atoms with van der Waals surface area (Å²) in [4.78, 5) is 14.2. The van der Waals surface area contributed by atoms with Gasteiger partial charge in [0.2, 0.25) is 5.78 Å². The molecule has 0 aromatic carbocycles. The third kappa shape index (κ3) is 2.49. The quantitative estimate of drug-likeness (QED) is 0.723. The third-order valence-corrected chi connectivity index (χ3v) is 3.72. The van der Waals surface area contributed by atoms with Crippen molar-refractivity contribution in [3.63, 3.8) is 0 Å². The van der Waals surface area contributed by atoms with Crippen molar-refractivity contribution in [2.24, 2.45) is 0 Å². The molecule has 0 saturated carbocycles. The molecule has 0 aromatic rings. The Morgan fingerprint density at radius 2 is 1.69 bits per heavy atom. The van der Waals surface area contributed by atoms with Crippen LogP contribution in [0.25, 0.3) is 0 Å². The summed E-state index contributed by atoms with van der Waals surface area (Å²) < 4.78 is -1.80. The lowest BCUT2D eigenvalue weighted by atomic mass is 10.1. The molecule has 0 spiro atoms. The molecule has 0 unspecified atom stereocenters. The van der Waals surface area contributed by atoms with Crippen LogP contribution in [-0.2, 0) is 4.79 Å². The molecule has 0 N–H and O–H groups in total. The van der Waals surface area contributed by atoms with E-state index in [1.165, 1.54) is 12.8 Å². The Balaban J connectivity index is 2.22. The van der Waals surface area contributed by atoms with E-state index in [1.807, 2.05) is 0 Å². The van der Waals surface area contributed by atoms with Gasteiger partial charge in [-0.15, -0.1) is 0 Å². The van der Waals surface area contributed by atoms with Crippen LogP contribution in [0.5, 0.6) is 0 Å². The zero-order valence-corrected chi connectivity index (χ0v) is 11.2. The highest BCUT2D eigenvalue weighted by Gasteiger charge is 2.37. The molecule has 2 nitrogen and oxygen atoms in total. The molecule has 5 heteroatoms. The Labute approximate surface area is 111 Å². The molecular formula is C11H14Cl3NO. The zero-order valence-electron chi connectivity index (χ0n) is 8.94. The van der Waals surface area contributed by atoms with Gasteiger partial charge >= 0.3 is 0 Å². The molecule has 1 fully saturated rings. The fourth-order valence-corrected chi connectivity index (χ4v) is 2.82. The first-order chi connectivity index (χ1) is 7.50. The lowest BCUT2D eigenvalue weighted by Crippen LogP contribution is -2.25. The number of likely N-dealkylation sites (tertiary alicyclic amines) is 1. The fourth-order valence-electron chi connectivity index (χ4n) is 2.48. The predicted octanol–water partition coefficient (Wildman–Crippen LogP) is 3.46. The summed E-state index contributed by atoms with van der Waals surface area (Å²) >= 11 is 17.0. The van der Waals surface area contributed by atoms with Gasteiger partial charge in [-0.1, -0.05) is 34.8 Å². The van der Waals surface area contributed by atoms with Crippen LogP contribution in [0.4, 0.5) is 0 Å². The molecule has 1 aliphatic heterocycles. The summed E-state index contributed by atoms with van der Waals surface area (Å²) in [6.45, 7) is 2.07. The second-order valence-corrected chi connectivity index (χ2v) is 6.58. The van der Waals surface area contributed by atoms with Gasteiger partial charge in [-0.05, 0) is 32.1 Å². The highest BCUT2D eigenvalue weighted by Crippen LogP contribution is 2.38. The van der Waals surface area contributed by atoms with E-state index in [0.29, 0.717) is 0 Å². The Bertz CT molecular complexity index is 327. The minimum atomic E-state index is -1.80. The van der Waals surface area contributed by atoms with Gasteiger partial charge < -0.3 is 4.90 Å². The topological polar surface area (TPSA) is 20.3 Å². The highest BCUT2D eigenvalue weighted by molar-refractivity contribution is 6.77. The van der Waals surface area contributed by atoms with Crippen LogP contribution in [0.2, 0.25) is 0 Å². The first kappa shape index (κ1) is 12.5. The van der Waals surface area contributed by atoms with E-state index >= 15 is 0 Å². The van der Waals surface area contributed by atoms with Crippen LogP contribution >= 0.6 is 34.8 Å². The lowest BCUT2D eigenvalue weighted by molar-refractivity contribution is -0.115. The largest absolute Gasteiger partial charge is 0.374 e. The standard InChI is InChI=1S/C11H14Cl3NO/c12-11(13,14)10(16)8-4-3-5-9(8)15-6-1-2-7-15/h1-7H2. The van der Waals surface area contributed by atoms with Crippen LogP contribution in [-0.4, -0.2) is 27.6 Å². The lowest BCUT2D eigenvalue weighted by Gasteiger charge is -2.21. The number of halogens is 3. The van der Waals surface area contributed by atoms with Crippen LogP contribution < -0.4 is 0 Å². The molecule has 2 aliphatic rings. The molecule has 0 atom stereocenters. The average molecular weight is 283 g/mol. The molecule has 1 saturated heterocycles. The maximum absolute atomic E-state index is 12.0. The molecule has 1 aliphatic carbocycles. The van der Waals surface area contributed by atoms with Crippen molar-refractivity contribution in [3.05, 3.63) is 11.3 Å². The SMILES string of the molecule is O=C(C1=C(N2CCCC2)CCC1)C(Cl)(Cl)Cl. The van der Waals surface area contributed by atoms with Crippen molar-refractivity contribution in [2.75, 3.05) is 13.1 Å². The molecular weight excluding hydrogens is 268 g/mol. The van der Waals surface area contributed by atoms with Gasteiger partial charge in [-0.3, -0.25) is 4.79 Å². The first-order valence-corrected chi connectivity index (χ1v) is 6.72. The van der Waals surface area contributed by atoms with Crippen molar-refractivity contribution < 1.29 is 4.79 Å². The summed E-state index contributed by atoms with van der Waals surface area (Å²) in [7, 11) is 0. The van der Waals surface area contributed by atoms with E-state index in [9.17, 15) is 4.79 Å². The molecule has 0 radical (unpaired) electrons. The van der Waals surface area contributed by atoms with Gasteiger partial charge in [0.15, 0.2) is 0 Å². The predicted molar refractivity (Wildman–Crippen MR) is 67.0 cm³/mol. The van der Waals surface area contributed by atoms with E-state index in [1.54, 1.807) is 0 Å². The Morgan fingerprint density at radius 3 is 2.25 bits per heavy atom. The Hall–Kier alpha value is 0.0800. The normalized spacial score (nSPS) is 22.1. The number of Topliss-reactive ketones (excluding diaryl/α,β-unsaturated/α-hetero) is 1. The number of rotatable bonds is 2. The van der Waals surface area contributed by atoms with Crippen LogP contribution in [0.1, 0.15) is 32.1 Å². The summed E-state index contributed by atoms with van der Waals surface area (Å²) in [6.07, 6.45) is 5.07. The minimum absolute atomic E-state index is 0.336. The van der Waals surface area contributed by atoms with E-state index in [0.717, 1.165) is 43.6 Å². The van der Waals surface area contributed by atoms with Gasteiger partial charge in [0.05, 0.1) is 0 Å². The highest BCUT2D eigenvalue weighted by atomic mass is 35.6. The first-order valence-electron chi connectivity index (χ1n) is 5.58. The van der Waals surface area contributed by atoms with E-state index in [2.05, 4.69) is 4.90 Å². The number of hydrogen-bond acceptors (Lipinski definition) is 2. The summed E-state index contributed by atoms with van der Waals surface area (Å²) in [6, 6.07) is 0. The minimum Gasteiger partial charge on any atom is -0.374 e. The fraction of sp³-hybridized carbons (Fsp3) is 0.727. The van der Waals surface area contributed by atoms with Crippen molar-refractivity contribution in [3.8, 4) is 0 Å². The number of ketones is 1. The molecule has 90 valence electrons. The maximum Gasteiger partial charge on any atom is 0.253 e. The van der Waals surface area contributed by atoms with Gasteiger partial charge in [0, 0.05) is 24.4 Å². The van der Waals surface area contributed by atoms with Gasteiger partial charge in [-0.25, -0.2) is 0 Å². The molecule has 0 aromatic heterocycles. The zero-order chi connectivity index (χ0) is 11.8. The van der Waals surface area contributed by atoms with Crippen LogP contribution in [0.15, 0.2) is 11.3 Å². The van der Waals surface area contributed by atoms with Crippen LogP contribution in [0.3, 0.4) is 0 Å². The van der Waals surface area contributed by atoms with E-state index < -0.39 is 3.79 Å². The number of carbonyl (C=O) groups is 1. The van der Waals surface area contributed by atoms with E-state index in [-0.39, 0.29) is 5.78 Å². The summed E-state index contributed by atoms with van der Waals surface area (Å²) in [5.41, 5.74) is 1.86. The van der Waals surface area contributed by atoms with Gasteiger partial charge in [0.1, 0.15) is 0 Å². The Morgan fingerprint density at radius 1 is 1.06 bits per heavy atom. The van der Waals surface area contributed by atoms with Crippen molar-refractivity contribution in [1.29, 1.82) is 0 Å². The second kappa shape index (κ2) is 4.75. The Kier molecular flexibility index (Phi) is 3.72. The number of nitrogens with zero attached hydrogens (tertiary/aromatic N) is 1. The number of carbonyl (C=O) groups excluding carboxylic acids is 1. The van der Waals surface area contributed by atoms with Crippen molar-refractivity contribution >= 4 is 40.6 Å². The number of hydrogen-bond donors (Lipinski definition) is 0. The molecule has 0 amide bonds. The van der Waals surface area contributed by atoms with Crippen LogP contribution in [0, 0.1) is 0 Å². The van der Waals surface area contributed by atoms with Crippen molar-refractivity contribution in [2.45, 2.75) is 35.9 Å².